The molecule has 1 aliphatic carbocycles. The minimum atomic E-state index is -3.18. The summed E-state index contributed by atoms with van der Waals surface area (Å²) >= 11 is 0. The molecule has 1 fully saturated rings. The van der Waals surface area contributed by atoms with E-state index in [-0.39, 0.29) is 6.10 Å². The third-order valence-electron chi connectivity index (χ3n) is 3.54. The van der Waals surface area contributed by atoms with Crippen LogP contribution in [0.15, 0.2) is 35.3 Å². The smallest absolute Gasteiger partial charge is 0.175 e. The van der Waals surface area contributed by atoms with Crippen molar-refractivity contribution >= 4 is 9.84 Å². The molecule has 108 valence electrons. The van der Waals surface area contributed by atoms with Crippen molar-refractivity contribution in [2.75, 3.05) is 19.4 Å². The Morgan fingerprint density at radius 2 is 2.40 bits per heavy atom. The van der Waals surface area contributed by atoms with Crippen LogP contribution in [0.2, 0.25) is 0 Å². The van der Waals surface area contributed by atoms with Gasteiger partial charge in [-0.2, -0.15) is 0 Å². The predicted molar refractivity (Wildman–Crippen MR) is 74.4 cm³/mol. The maximum absolute atomic E-state index is 11.7. The van der Waals surface area contributed by atoms with Crippen LogP contribution >= 0.6 is 0 Å². The highest BCUT2D eigenvalue weighted by atomic mass is 32.2. The van der Waals surface area contributed by atoms with Crippen molar-refractivity contribution in [2.45, 2.75) is 19.1 Å². The Labute approximate surface area is 118 Å². The summed E-state index contributed by atoms with van der Waals surface area (Å²) in [6, 6.07) is 0. The van der Waals surface area contributed by atoms with Gasteiger partial charge in [-0.1, -0.05) is 6.08 Å². The van der Waals surface area contributed by atoms with E-state index in [1.807, 2.05) is 0 Å². The second-order valence-corrected chi connectivity index (χ2v) is 7.06. The summed E-state index contributed by atoms with van der Waals surface area (Å²) < 4.78 is 29.1. The first kappa shape index (κ1) is 13.4. The van der Waals surface area contributed by atoms with E-state index in [0.29, 0.717) is 24.5 Å². The number of allylic oxidation sites excluding steroid dienone is 1. The Morgan fingerprint density at radius 3 is 3.10 bits per heavy atom. The molecule has 0 saturated carbocycles. The van der Waals surface area contributed by atoms with Gasteiger partial charge in [-0.3, -0.25) is 0 Å². The van der Waals surface area contributed by atoms with Gasteiger partial charge in [0.25, 0.3) is 0 Å². The number of H-pyrrole nitrogens is 1. The Hall–Kier alpha value is -1.60. The number of hydrogen-bond donors (Lipinski definition) is 1. The number of aromatic amines is 1. The summed E-state index contributed by atoms with van der Waals surface area (Å²) in [6.45, 7) is 2.08. The van der Waals surface area contributed by atoms with E-state index in [9.17, 15) is 8.42 Å². The second-order valence-electron chi connectivity index (χ2n) is 5.04. The first-order valence-corrected chi connectivity index (χ1v) is 8.39. The number of aromatic nitrogens is 2. The molecule has 2 aliphatic rings. The molecule has 20 heavy (non-hydrogen) atoms. The van der Waals surface area contributed by atoms with Gasteiger partial charge in [0, 0.05) is 24.7 Å². The Morgan fingerprint density at radius 1 is 1.55 bits per heavy atom. The molecule has 6 nitrogen and oxygen atoms in total. The van der Waals surface area contributed by atoms with Crippen LogP contribution in [0, 0.1) is 0 Å². The SMILES string of the molecule is CS(=O)(=O)C1=CCC2OCCN(Cc3cnc[nH]3)C2=C1. The van der Waals surface area contributed by atoms with E-state index in [1.165, 1.54) is 6.26 Å². The third kappa shape index (κ3) is 2.64. The molecule has 0 amide bonds. The van der Waals surface area contributed by atoms with Crippen molar-refractivity contribution in [2.24, 2.45) is 0 Å². The van der Waals surface area contributed by atoms with Crippen LogP contribution in [0.25, 0.3) is 0 Å². The molecule has 1 aromatic rings. The van der Waals surface area contributed by atoms with Gasteiger partial charge in [0.2, 0.25) is 0 Å². The Bertz CT molecular complexity index is 646. The summed E-state index contributed by atoms with van der Waals surface area (Å²) in [7, 11) is -3.18. The van der Waals surface area contributed by atoms with Crippen LogP contribution in [0.1, 0.15) is 12.1 Å². The Balaban J connectivity index is 1.88. The lowest BCUT2D eigenvalue weighted by atomic mass is 10.0. The third-order valence-corrected chi connectivity index (χ3v) is 4.68. The molecule has 0 radical (unpaired) electrons. The van der Waals surface area contributed by atoms with Crippen LogP contribution in [-0.4, -0.2) is 48.8 Å². The second kappa shape index (κ2) is 5.06. The minimum absolute atomic E-state index is 0.0443. The average molecular weight is 295 g/mol. The molecule has 1 aliphatic heterocycles. The first-order valence-electron chi connectivity index (χ1n) is 6.49. The van der Waals surface area contributed by atoms with E-state index >= 15 is 0 Å². The maximum atomic E-state index is 11.7. The number of nitrogens with zero attached hydrogens (tertiary/aromatic N) is 2. The van der Waals surface area contributed by atoms with Gasteiger partial charge in [0.1, 0.15) is 6.10 Å². The number of rotatable bonds is 3. The molecular weight excluding hydrogens is 278 g/mol. The normalized spacial score (nSPS) is 23.1. The van der Waals surface area contributed by atoms with E-state index < -0.39 is 9.84 Å². The monoisotopic (exact) mass is 295 g/mol. The standard InChI is InChI=1S/C13H17N3O3S/c1-20(17,18)11-2-3-13-12(6-11)16(4-5-19-13)8-10-7-14-9-15-10/h2,6-7,9,13H,3-5,8H2,1H3,(H,14,15). The summed E-state index contributed by atoms with van der Waals surface area (Å²) in [5, 5.41) is 0. The lowest BCUT2D eigenvalue weighted by Crippen LogP contribution is -2.41. The van der Waals surface area contributed by atoms with Gasteiger partial charge in [0.05, 0.1) is 30.1 Å². The highest BCUT2D eigenvalue weighted by molar-refractivity contribution is 7.94. The van der Waals surface area contributed by atoms with Gasteiger partial charge in [-0.15, -0.1) is 0 Å². The highest BCUT2D eigenvalue weighted by Crippen LogP contribution is 2.29. The van der Waals surface area contributed by atoms with Crippen LogP contribution in [0.5, 0.6) is 0 Å². The number of sulfone groups is 1. The number of morpholine rings is 1. The van der Waals surface area contributed by atoms with Crippen molar-refractivity contribution in [1.29, 1.82) is 0 Å². The fourth-order valence-electron chi connectivity index (χ4n) is 2.53. The number of hydrogen-bond acceptors (Lipinski definition) is 5. The number of fused-ring (bicyclic) bond motifs is 1. The number of imidazole rings is 1. The summed E-state index contributed by atoms with van der Waals surface area (Å²) in [6.07, 6.45) is 8.69. The zero-order valence-corrected chi connectivity index (χ0v) is 12.1. The molecule has 0 bridgehead atoms. The predicted octanol–water partition coefficient (Wildman–Crippen LogP) is 0.827. The average Bonchev–Trinajstić information content (AvgIpc) is 2.90. The van der Waals surface area contributed by atoms with Crippen molar-refractivity contribution in [3.8, 4) is 0 Å². The van der Waals surface area contributed by atoms with Crippen LogP contribution in [0.4, 0.5) is 0 Å². The molecule has 1 N–H and O–H groups in total. The number of nitrogens with one attached hydrogen (secondary N) is 1. The van der Waals surface area contributed by atoms with Crippen molar-refractivity contribution < 1.29 is 13.2 Å². The maximum Gasteiger partial charge on any atom is 0.175 e. The molecule has 1 aromatic heterocycles. The van der Waals surface area contributed by atoms with Gasteiger partial charge in [-0.05, 0) is 12.5 Å². The highest BCUT2D eigenvalue weighted by Gasteiger charge is 2.29. The van der Waals surface area contributed by atoms with E-state index in [4.69, 9.17) is 4.74 Å². The lowest BCUT2D eigenvalue weighted by Gasteiger charge is -2.38. The minimum Gasteiger partial charge on any atom is -0.370 e. The number of ether oxygens (including phenoxy) is 1. The van der Waals surface area contributed by atoms with E-state index in [1.54, 1.807) is 24.7 Å². The summed E-state index contributed by atoms with van der Waals surface area (Å²) in [5.74, 6) is 0. The van der Waals surface area contributed by atoms with Crippen LogP contribution in [-0.2, 0) is 21.1 Å². The lowest BCUT2D eigenvalue weighted by molar-refractivity contribution is 0.00540. The van der Waals surface area contributed by atoms with Crippen LogP contribution in [0.3, 0.4) is 0 Å². The van der Waals surface area contributed by atoms with Crippen molar-refractivity contribution in [1.82, 2.24) is 14.9 Å². The van der Waals surface area contributed by atoms with E-state index in [2.05, 4.69) is 14.9 Å². The Kier molecular flexibility index (Phi) is 3.39. The zero-order valence-electron chi connectivity index (χ0n) is 11.2. The van der Waals surface area contributed by atoms with Gasteiger partial charge >= 0.3 is 0 Å². The van der Waals surface area contributed by atoms with Gasteiger partial charge in [0.15, 0.2) is 9.84 Å². The van der Waals surface area contributed by atoms with Crippen LogP contribution < -0.4 is 0 Å². The fraction of sp³-hybridized carbons (Fsp3) is 0.462. The molecule has 3 rings (SSSR count). The molecule has 2 heterocycles. The summed E-state index contributed by atoms with van der Waals surface area (Å²) in [5.41, 5.74) is 1.94. The fourth-order valence-corrected chi connectivity index (χ4v) is 3.26. The molecule has 1 saturated heterocycles. The van der Waals surface area contributed by atoms with E-state index in [0.717, 1.165) is 17.9 Å². The largest absolute Gasteiger partial charge is 0.370 e. The topological polar surface area (TPSA) is 75.3 Å². The summed E-state index contributed by atoms with van der Waals surface area (Å²) in [4.78, 5) is 9.60. The molecule has 7 heteroatoms. The molecule has 1 atom stereocenters. The van der Waals surface area contributed by atoms with Gasteiger partial charge in [-0.25, -0.2) is 13.4 Å². The molecule has 0 aromatic carbocycles. The quantitative estimate of drug-likeness (QED) is 0.894. The van der Waals surface area contributed by atoms with Crippen molar-refractivity contribution in [3.05, 3.63) is 41.0 Å². The zero-order chi connectivity index (χ0) is 14.2. The van der Waals surface area contributed by atoms with Crippen molar-refractivity contribution in [3.63, 3.8) is 0 Å². The first-order chi connectivity index (χ1) is 9.54. The van der Waals surface area contributed by atoms with Gasteiger partial charge < -0.3 is 14.6 Å². The molecule has 0 spiro atoms. The molecule has 1 unspecified atom stereocenters. The molecular formula is C13H17N3O3S.